The fourth-order valence-electron chi connectivity index (χ4n) is 2.75. The summed E-state index contributed by atoms with van der Waals surface area (Å²) in [6, 6.07) is 3.51. The normalized spacial score (nSPS) is 18.4. The first-order valence-corrected chi connectivity index (χ1v) is 8.23. The number of hydrogen-bond donors (Lipinski definition) is 1. The highest BCUT2D eigenvalue weighted by atomic mass is 32.1. The summed E-state index contributed by atoms with van der Waals surface area (Å²) < 4.78 is 42.8. The summed E-state index contributed by atoms with van der Waals surface area (Å²) in [6.07, 6.45) is -3.69. The third kappa shape index (κ3) is 3.05. The largest absolute Gasteiger partial charge is 0.452 e. The van der Waals surface area contributed by atoms with Crippen molar-refractivity contribution < 1.29 is 22.5 Å². The molecule has 1 fully saturated rings. The predicted molar refractivity (Wildman–Crippen MR) is 82.9 cm³/mol. The maximum Gasteiger partial charge on any atom is 0.452 e. The van der Waals surface area contributed by atoms with Gasteiger partial charge in [-0.1, -0.05) is 5.16 Å². The standard InChI is InChI=1S/C15H16F3N3O2S/c1-8-12(20-23-13(8)15(16,17)18)10-3-4-11(24-10)14(22)21-6-5-9(7-21)19-2/h3-4,9,19H,5-7H2,1-2H3/t9-/m1/s1. The molecule has 2 aromatic heterocycles. The van der Waals surface area contributed by atoms with Crippen LogP contribution in [0.5, 0.6) is 0 Å². The molecule has 130 valence electrons. The molecule has 0 bridgehead atoms. The van der Waals surface area contributed by atoms with Crippen molar-refractivity contribution in [1.82, 2.24) is 15.4 Å². The zero-order valence-electron chi connectivity index (χ0n) is 13.1. The van der Waals surface area contributed by atoms with E-state index in [1.807, 2.05) is 7.05 Å². The number of nitrogens with one attached hydrogen (secondary N) is 1. The fraction of sp³-hybridized carbons (Fsp3) is 0.467. The molecule has 1 atom stereocenters. The number of likely N-dealkylation sites (tertiary alicyclic amines) is 1. The summed E-state index contributed by atoms with van der Waals surface area (Å²) in [5, 5.41) is 6.66. The van der Waals surface area contributed by atoms with Crippen LogP contribution in [-0.2, 0) is 6.18 Å². The number of nitrogens with zero attached hydrogens (tertiary/aromatic N) is 2. The van der Waals surface area contributed by atoms with Gasteiger partial charge in [0.15, 0.2) is 0 Å². The summed E-state index contributed by atoms with van der Waals surface area (Å²) in [4.78, 5) is 15.2. The third-order valence-corrected chi connectivity index (χ3v) is 5.20. The second-order valence-corrected chi connectivity index (χ2v) is 6.76. The number of aromatic nitrogens is 1. The highest BCUT2D eigenvalue weighted by Crippen LogP contribution is 2.38. The molecule has 1 aliphatic heterocycles. The molecule has 1 aliphatic rings. The molecule has 3 rings (SSSR count). The maximum absolute atomic E-state index is 12.8. The lowest BCUT2D eigenvalue weighted by Crippen LogP contribution is -2.33. The lowest BCUT2D eigenvalue weighted by molar-refractivity contribution is -0.156. The van der Waals surface area contributed by atoms with E-state index in [-0.39, 0.29) is 23.2 Å². The van der Waals surface area contributed by atoms with Crippen LogP contribution in [0.25, 0.3) is 10.6 Å². The van der Waals surface area contributed by atoms with Gasteiger partial charge in [-0.3, -0.25) is 4.79 Å². The van der Waals surface area contributed by atoms with E-state index in [4.69, 9.17) is 0 Å². The summed E-state index contributed by atoms with van der Waals surface area (Å²) in [7, 11) is 1.85. The smallest absolute Gasteiger partial charge is 0.351 e. The van der Waals surface area contributed by atoms with Crippen LogP contribution < -0.4 is 5.32 Å². The van der Waals surface area contributed by atoms with Gasteiger partial charge in [-0.2, -0.15) is 13.2 Å². The number of hydrogen-bond acceptors (Lipinski definition) is 5. The first kappa shape index (κ1) is 17.0. The lowest BCUT2D eigenvalue weighted by atomic mass is 10.2. The molecule has 0 saturated carbocycles. The van der Waals surface area contributed by atoms with Crippen molar-refractivity contribution in [2.24, 2.45) is 0 Å². The second kappa shape index (κ2) is 6.21. The van der Waals surface area contributed by atoms with Crippen LogP contribution in [-0.4, -0.2) is 42.1 Å². The Morgan fingerprint density at radius 3 is 2.79 bits per heavy atom. The summed E-state index contributed by atoms with van der Waals surface area (Å²) >= 11 is 1.13. The molecular formula is C15H16F3N3O2S. The number of alkyl halides is 3. The van der Waals surface area contributed by atoms with Gasteiger partial charge in [0.1, 0.15) is 5.69 Å². The van der Waals surface area contributed by atoms with Crippen molar-refractivity contribution in [3.05, 3.63) is 28.3 Å². The predicted octanol–water partition coefficient (Wildman–Crippen LogP) is 3.16. The van der Waals surface area contributed by atoms with E-state index in [0.717, 1.165) is 17.8 Å². The second-order valence-electron chi connectivity index (χ2n) is 5.67. The minimum Gasteiger partial charge on any atom is -0.351 e. The number of carbonyl (C=O) groups is 1. The van der Waals surface area contributed by atoms with Gasteiger partial charge in [0.05, 0.1) is 9.75 Å². The number of rotatable bonds is 3. The van der Waals surface area contributed by atoms with Gasteiger partial charge in [-0.15, -0.1) is 11.3 Å². The van der Waals surface area contributed by atoms with E-state index >= 15 is 0 Å². The Hall–Kier alpha value is -1.87. The van der Waals surface area contributed by atoms with Gasteiger partial charge < -0.3 is 14.7 Å². The van der Waals surface area contributed by atoms with E-state index in [1.165, 1.54) is 6.92 Å². The Morgan fingerprint density at radius 1 is 1.46 bits per heavy atom. The maximum atomic E-state index is 12.8. The molecular weight excluding hydrogens is 343 g/mol. The van der Waals surface area contributed by atoms with Gasteiger partial charge in [-0.05, 0) is 32.5 Å². The van der Waals surface area contributed by atoms with Crippen LogP contribution in [0.4, 0.5) is 13.2 Å². The van der Waals surface area contributed by atoms with E-state index in [1.54, 1.807) is 17.0 Å². The SMILES string of the molecule is CN[C@@H]1CCN(C(=O)c2ccc(-c3noc(C(F)(F)F)c3C)s2)C1. The highest BCUT2D eigenvalue weighted by molar-refractivity contribution is 7.17. The minimum atomic E-state index is -4.58. The first-order valence-electron chi connectivity index (χ1n) is 7.41. The highest BCUT2D eigenvalue weighted by Gasteiger charge is 2.39. The lowest BCUT2D eigenvalue weighted by Gasteiger charge is -2.15. The zero-order chi connectivity index (χ0) is 17.5. The van der Waals surface area contributed by atoms with E-state index in [9.17, 15) is 18.0 Å². The van der Waals surface area contributed by atoms with Gasteiger partial charge in [0.25, 0.3) is 5.91 Å². The van der Waals surface area contributed by atoms with Crippen molar-refractivity contribution in [2.45, 2.75) is 25.6 Å². The Kier molecular flexibility index (Phi) is 4.39. The van der Waals surface area contributed by atoms with Gasteiger partial charge in [0.2, 0.25) is 5.76 Å². The Bertz CT molecular complexity index is 753. The van der Waals surface area contributed by atoms with Crippen LogP contribution in [0, 0.1) is 6.92 Å². The number of amides is 1. The zero-order valence-corrected chi connectivity index (χ0v) is 13.9. The number of carbonyl (C=O) groups excluding carboxylic acids is 1. The molecule has 1 N–H and O–H groups in total. The number of halogens is 3. The van der Waals surface area contributed by atoms with Crippen LogP contribution in [0.2, 0.25) is 0 Å². The van der Waals surface area contributed by atoms with Crippen molar-refractivity contribution in [2.75, 3.05) is 20.1 Å². The molecule has 1 amide bonds. The third-order valence-electron chi connectivity index (χ3n) is 4.12. The molecule has 0 aliphatic carbocycles. The van der Waals surface area contributed by atoms with E-state index in [0.29, 0.717) is 22.8 Å². The average Bonchev–Trinajstić information content (AvgIpc) is 3.24. The Balaban J connectivity index is 1.82. The van der Waals surface area contributed by atoms with Crippen LogP contribution >= 0.6 is 11.3 Å². The van der Waals surface area contributed by atoms with Crippen molar-refractivity contribution in [3.63, 3.8) is 0 Å². The summed E-state index contributed by atoms with van der Waals surface area (Å²) in [6.45, 7) is 2.61. The van der Waals surface area contributed by atoms with E-state index < -0.39 is 11.9 Å². The number of thiophene rings is 1. The minimum absolute atomic E-state index is 0.0697. The molecule has 2 aromatic rings. The topological polar surface area (TPSA) is 58.4 Å². The summed E-state index contributed by atoms with van der Waals surface area (Å²) in [5.74, 6) is -1.21. The molecule has 3 heterocycles. The van der Waals surface area contributed by atoms with Gasteiger partial charge in [-0.25, -0.2) is 0 Å². The Morgan fingerprint density at radius 2 is 2.21 bits per heavy atom. The monoisotopic (exact) mass is 359 g/mol. The molecule has 1 saturated heterocycles. The molecule has 9 heteroatoms. The van der Waals surface area contributed by atoms with Crippen LogP contribution in [0.15, 0.2) is 16.7 Å². The molecule has 24 heavy (non-hydrogen) atoms. The average molecular weight is 359 g/mol. The first-order chi connectivity index (χ1) is 11.3. The van der Waals surface area contributed by atoms with Crippen molar-refractivity contribution >= 4 is 17.2 Å². The fourth-order valence-corrected chi connectivity index (χ4v) is 3.76. The van der Waals surface area contributed by atoms with Crippen molar-refractivity contribution in [1.29, 1.82) is 0 Å². The van der Waals surface area contributed by atoms with Gasteiger partial charge >= 0.3 is 6.18 Å². The van der Waals surface area contributed by atoms with E-state index in [2.05, 4.69) is 15.0 Å². The van der Waals surface area contributed by atoms with Crippen LogP contribution in [0.1, 0.15) is 27.4 Å². The molecule has 0 spiro atoms. The molecule has 0 aromatic carbocycles. The molecule has 5 nitrogen and oxygen atoms in total. The number of likely N-dealkylation sites (N-methyl/N-ethyl adjacent to an activating group) is 1. The van der Waals surface area contributed by atoms with Crippen molar-refractivity contribution in [3.8, 4) is 10.6 Å². The summed E-state index contributed by atoms with van der Waals surface area (Å²) in [5.41, 5.74) is 0.0562. The molecule has 0 radical (unpaired) electrons. The quantitative estimate of drug-likeness (QED) is 0.915. The Labute approximate surface area is 140 Å². The van der Waals surface area contributed by atoms with Crippen LogP contribution in [0.3, 0.4) is 0 Å². The molecule has 0 unspecified atom stereocenters. The van der Waals surface area contributed by atoms with Gasteiger partial charge in [0, 0.05) is 24.7 Å².